The van der Waals surface area contributed by atoms with Crippen molar-refractivity contribution in [1.29, 1.82) is 5.26 Å². The molecule has 2 aromatic rings. The van der Waals surface area contributed by atoms with E-state index in [0.717, 1.165) is 24.3 Å². The molecule has 0 aliphatic carbocycles. The van der Waals surface area contributed by atoms with E-state index in [9.17, 15) is 28.3 Å². The van der Waals surface area contributed by atoms with E-state index < -0.39 is 29.2 Å². The maximum Gasteiger partial charge on any atom is 0.416 e. The summed E-state index contributed by atoms with van der Waals surface area (Å²) in [6.45, 7) is 1.34. The lowest BCUT2D eigenvalue weighted by molar-refractivity contribution is -0.137. The Morgan fingerprint density at radius 2 is 1.64 bits per heavy atom. The predicted molar refractivity (Wildman–Crippen MR) is 85.2 cm³/mol. The molecule has 0 heterocycles. The molecule has 0 radical (unpaired) electrons. The number of nitriles is 1. The average Bonchev–Trinajstić information content (AvgIpc) is 2.55. The summed E-state index contributed by atoms with van der Waals surface area (Å²) in [7, 11) is 0. The van der Waals surface area contributed by atoms with Gasteiger partial charge in [0, 0.05) is 5.69 Å². The highest BCUT2D eigenvalue weighted by Crippen LogP contribution is 2.32. The summed E-state index contributed by atoms with van der Waals surface area (Å²) < 4.78 is 37.6. The number of nitrogens with one attached hydrogen (secondary N) is 1. The summed E-state index contributed by atoms with van der Waals surface area (Å²) in [4.78, 5) is 12.3. The first-order chi connectivity index (χ1) is 11.7. The number of carbonyl (C=O) groups is 1. The van der Waals surface area contributed by atoms with Crippen LogP contribution < -0.4 is 5.32 Å². The van der Waals surface area contributed by atoms with E-state index in [0.29, 0.717) is 5.56 Å². The van der Waals surface area contributed by atoms with Crippen molar-refractivity contribution in [2.75, 3.05) is 5.32 Å². The van der Waals surface area contributed by atoms with Crippen LogP contribution in [0.2, 0.25) is 0 Å². The van der Waals surface area contributed by atoms with Crippen LogP contribution in [0.25, 0.3) is 0 Å². The first-order valence-corrected chi connectivity index (χ1v) is 7.32. The lowest BCUT2D eigenvalue weighted by Crippen LogP contribution is -2.39. The molecule has 0 saturated carbocycles. The van der Waals surface area contributed by atoms with Crippen LogP contribution in [0.15, 0.2) is 54.6 Å². The number of halogens is 3. The summed E-state index contributed by atoms with van der Waals surface area (Å²) >= 11 is 0. The van der Waals surface area contributed by atoms with Crippen molar-refractivity contribution < 1.29 is 23.1 Å². The normalized spacial score (nSPS) is 14.9. The minimum Gasteiger partial charge on any atom is -0.384 e. The molecule has 2 aromatic carbocycles. The number of aliphatic hydroxyl groups is 1. The number of hydrogen-bond donors (Lipinski definition) is 2. The van der Waals surface area contributed by atoms with Crippen LogP contribution in [0.5, 0.6) is 0 Å². The van der Waals surface area contributed by atoms with Crippen LogP contribution in [0.1, 0.15) is 18.1 Å². The van der Waals surface area contributed by atoms with E-state index >= 15 is 0 Å². The number of anilines is 1. The second-order valence-corrected chi connectivity index (χ2v) is 5.64. The largest absolute Gasteiger partial charge is 0.416 e. The summed E-state index contributed by atoms with van der Waals surface area (Å²) in [5, 5.41) is 22.3. The van der Waals surface area contributed by atoms with E-state index in [1.807, 2.05) is 0 Å². The Labute approximate surface area is 142 Å². The Morgan fingerprint density at radius 3 is 2.12 bits per heavy atom. The fraction of sp³-hybridized carbons (Fsp3) is 0.222. The smallest absolute Gasteiger partial charge is 0.384 e. The van der Waals surface area contributed by atoms with Gasteiger partial charge in [-0.3, -0.25) is 4.79 Å². The topological polar surface area (TPSA) is 73.1 Å². The zero-order chi connectivity index (χ0) is 18.7. The van der Waals surface area contributed by atoms with Gasteiger partial charge in [0.1, 0.15) is 5.60 Å². The van der Waals surface area contributed by atoms with Crippen molar-refractivity contribution in [2.45, 2.75) is 18.7 Å². The number of rotatable bonds is 4. The van der Waals surface area contributed by atoms with E-state index in [4.69, 9.17) is 0 Å². The summed E-state index contributed by atoms with van der Waals surface area (Å²) in [5.41, 5.74) is -2.13. The molecule has 7 heteroatoms. The average molecular weight is 348 g/mol. The Morgan fingerprint density at radius 1 is 1.08 bits per heavy atom. The quantitative estimate of drug-likeness (QED) is 0.885. The van der Waals surface area contributed by atoms with Gasteiger partial charge in [-0.2, -0.15) is 18.4 Å². The van der Waals surface area contributed by atoms with Gasteiger partial charge in [-0.15, -0.1) is 0 Å². The predicted octanol–water partition coefficient (Wildman–Crippen LogP) is 3.69. The minimum atomic E-state index is -4.48. The van der Waals surface area contributed by atoms with Crippen LogP contribution in [0.3, 0.4) is 0 Å². The van der Waals surface area contributed by atoms with Crippen molar-refractivity contribution in [3.63, 3.8) is 0 Å². The van der Waals surface area contributed by atoms with Gasteiger partial charge in [0.25, 0.3) is 0 Å². The molecular formula is C18H15F3N2O2. The van der Waals surface area contributed by atoms with Crippen molar-refractivity contribution in [3.8, 4) is 6.07 Å². The van der Waals surface area contributed by atoms with E-state index in [2.05, 4.69) is 5.32 Å². The zero-order valence-corrected chi connectivity index (χ0v) is 13.2. The summed E-state index contributed by atoms with van der Waals surface area (Å²) in [5.74, 6) is -2.26. The van der Waals surface area contributed by atoms with Crippen molar-refractivity contribution in [2.24, 2.45) is 5.92 Å². The highest BCUT2D eigenvalue weighted by Gasteiger charge is 2.39. The second-order valence-electron chi connectivity index (χ2n) is 5.64. The van der Waals surface area contributed by atoms with E-state index in [-0.39, 0.29) is 5.69 Å². The molecule has 1 amide bonds. The van der Waals surface area contributed by atoms with Gasteiger partial charge in [0.2, 0.25) is 5.91 Å². The molecule has 2 unspecified atom stereocenters. The monoisotopic (exact) mass is 348 g/mol. The molecule has 0 aromatic heterocycles. The number of nitrogens with zero attached hydrogens (tertiary/aromatic N) is 1. The highest BCUT2D eigenvalue weighted by atomic mass is 19.4. The lowest BCUT2D eigenvalue weighted by Gasteiger charge is -2.28. The molecule has 0 aliphatic heterocycles. The van der Waals surface area contributed by atoms with Crippen molar-refractivity contribution in [3.05, 3.63) is 65.7 Å². The zero-order valence-electron chi connectivity index (χ0n) is 13.2. The number of hydrogen-bond acceptors (Lipinski definition) is 3. The Balaban J connectivity index is 2.19. The number of amides is 1. The molecule has 0 bridgehead atoms. The van der Waals surface area contributed by atoms with Crippen LogP contribution in [-0.2, 0) is 16.6 Å². The molecule has 0 aliphatic rings. The number of benzene rings is 2. The third-order valence-electron chi connectivity index (χ3n) is 3.79. The molecule has 25 heavy (non-hydrogen) atoms. The summed E-state index contributed by atoms with van der Waals surface area (Å²) in [6.07, 6.45) is -4.48. The second kappa shape index (κ2) is 6.95. The maximum absolute atomic E-state index is 12.5. The van der Waals surface area contributed by atoms with Gasteiger partial charge in [0.05, 0.1) is 11.6 Å². The van der Waals surface area contributed by atoms with E-state index in [1.165, 1.54) is 6.92 Å². The molecular weight excluding hydrogens is 333 g/mol. The molecule has 0 saturated heterocycles. The van der Waals surface area contributed by atoms with Gasteiger partial charge in [-0.25, -0.2) is 0 Å². The van der Waals surface area contributed by atoms with Crippen molar-refractivity contribution in [1.82, 2.24) is 0 Å². The molecule has 2 rings (SSSR count). The Hall–Kier alpha value is -2.85. The fourth-order valence-electron chi connectivity index (χ4n) is 2.34. The first kappa shape index (κ1) is 18.5. The van der Waals surface area contributed by atoms with Crippen molar-refractivity contribution >= 4 is 11.6 Å². The number of alkyl halides is 3. The fourth-order valence-corrected chi connectivity index (χ4v) is 2.34. The standard InChI is InChI=1S/C18H15F3N2O2/c1-17(25,12-5-3-2-4-6-12)15(11-22)16(24)23-14-9-7-13(8-10-14)18(19,20)21/h2-10,15,25H,1H3,(H,23,24). The molecule has 2 N–H and O–H groups in total. The van der Waals surface area contributed by atoms with Crippen LogP contribution in [0, 0.1) is 17.2 Å². The maximum atomic E-state index is 12.5. The van der Waals surface area contributed by atoms with Gasteiger partial charge in [-0.05, 0) is 36.8 Å². The van der Waals surface area contributed by atoms with Crippen LogP contribution in [-0.4, -0.2) is 11.0 Å². The molecule has 0 fully saturated rings. The van der Waals surface area contributed by atoms with E-state index in [1.54, 1.807) is 36.4 Å². The van der Waals surface area contributed by atoms with Crippen LogP contribution in [0.4, 0.5) is 18.9 Å². The minimum absolute atomic E-state index is 0.0992. The molecule has 4 nitrogen and oxygen atoms in total. The molecule has 0 spiro atoms. The highest BCUT2D eigenvalue weighted by molar-refractivity contribution is 5.95. The molecule has 130 valence electrons. The van der Waals surface area contributed by atoms with Gasteiger partial charge in [-0.1, -0.05) is 30.3 Å². The van der Waals surface area contributed by atoms with Gasteiger partial charge >= 0.3 is 6.18 Å². The number of carbonyl (C=O) groups excluding carboxylic acids is 1. The van der Waals surface area contributed by atoms with Gasteiger partial charge in [0.15, 0.2) is 5.92 Å². The SMILES string of the molecule is CC(O)(c1ccccc1)C(C#N)C(=O)Nc1ccc(C(F)(F)F)cc1. The van der Waals surface area contributed by atoms with Crippen LogP contribution >= 0.6 is 0 Å². The third-order valence-corrected chi connectivity index (χ3v) is 3.79. The third kappa shape index (κ3) is 4.17. The van der Waals surface area contributed by atoms with Gasteiger partial charge < -0.3 is 10.4 Å². The first-order valence-electron chi connectivity index (χ1n) is 7.32. The molecule has 2 atom stereocenters. The Kier molecular flexibility index (Phi) is 5.14. The summed E-state index contributed by atoms with van der Waals surface area (Å²) in [6, 6.07) is 13.8. The lowest BCUT2D eigenvalue weighted by atomic mass is 9.83. The Bertz CT molecular complexity index is 779.